The molecular formula is C9H18N2O2. The van der Waals surface area contributed by atoms with Crippen molar-refractivity contribution in [3.05, 3.63) is 0 Å². The maximum absolute atomic E-state index is 8.66. The Balaban J connectivity index is 2.76. The Bertz CT molecular complexity index is 184. The topological polar surface area (TPSA) is 67.8 Å². The molecule has 0 saturated heterocycles. The van der Waals surface area contributed by atoms with E-state index in [4.69, 9.17) is 15.7 Å². The molecular weight excluding hydrogens is 168 g/mol. The molecule has 3 N–H and O–H groups in total. The summed E-state index contributed by atoms with van der Waals surface area (Å²) in [5.74, 6) is 0.219. The molecule has 1 aliphatic carbocycles. The standard InChI is InChI=1S/C9H18N2O2/c1-13-9(8(10)11-12)6-4-2-3-5-7-9/h12H,2-7H2,1H3,(H2,10,11). The first-order chi connectivity index (χ1) is 6.25. The zero-order valence-electron chi connectivity index (χ0n) is 8.12. The summed E-state index contributed by atoms with van der Waals surface area (Å²) in [6.45, 7) is 0. The minimum atomic E-state index is -0.509. The van der Waals surface area contributed by atoms with Crippen LogP contribution in [-0.2, 0) is 4.74 Å². The molecule has 0 spiro atoms. The van der Waals surface area contributed by atoms with Gasteiger partial charge in [-0.15, -0.1) is 0 Å². The van der Waals surface area contributed by atoms with Crippen molar-refractivity contribution in [2.24, 2.45) is 10.9 Å². The fourth-order valence-corrected chi connectivity index (χ4v) is 1.96. The van der Waals surface area contributed by atoms with Crippen LogP contribution in [0.4, 0.5) is 0 Å². The maximum Gasteiger partial charge on any atom is 0.171 e. The first kappa shape index (κ1) is 10.3. The van der Waals surface area contributed by atoms with Crippen LogP contribution in [-0.4, -0.2) is 23.8 Å². The van der Waals surface area contributed by atoms with Gasteiger partial charge in [0.25, 0.3) is 0 Å². The molecule has 0 amide bonds. The highest BCUT2D eigenvalue weighted by atomic mass is 16.5. The third-order valence-corrected chi connectivity index (χ3v) is 2.88. The Morgan fingerprint density at radius 1 is 1.31 bits per heavy atom. The van der Waals surface area contributed by atoms with Gasteiger partial charge in [0.15, 0.2) is 5.84 Å². The lowest BCUT2D eigenvalue weighted by Crippen LogP contribution is -2.45. The summed E-state index contributed by atoms with van der Waals surface area (Å²) in [7, 11) is 1.63. The van der Waals surface area contributed by atoms with Gasteiger partial charge in [-0.25, -0.2) is 0 Å². The Kier molecular flexibility index (Phi) is 3.54. The first-order valence-electron chi connectivity index (χ1n) is 4.78. The van der Waals surface area contributed by atoms with E-state index in [9.17, 15) is 0 Å². The van der Waals surface area contributed by atoms with E-state index in [1.807, 2.05) is 0 Å². The molecule has 0 bridgehead atoms. The van der Waals surface area contributed by atoms with Gasteiger partial charge in [-0.2, -0.15) is 0 Å². The second-order valence-corrected chi connectivity index (χ2v) is 3.60. The number of hydrogen-bond acceptors (Lipinski definition) is 3. The van der Waals surface area contributed by atoms with E-state index < -0.39 is 5.60 Å². The quantitative estimate of drug-likeness (QED) is 0.225. The molecule has 1 saturated carbocycles. The summed E-state index contributed by atoms with van der Waals surface area (Å²) < 4.78 is 5.40. The third kappa shape index (κ3) is 2.12. The van der Waals surface area contributed by atoms with Crippen molar-refractivity contribution >= 4 is 5.84 Å². The van der Waals surface area contributed by atoms with Gasteiger partial charge < -0.3 is 15.7 Å². The Morgan fingerprint density at radius 2 is 1.85 bits per heavy atom. The van der Waals surface area contributed by atoms with Crippen LogP contribution in [0.1, 0.15) is 38.5 Å². The molecule has 1 rings (SSSR count). The van der Waals surface area contributed by atoms with Gasteiger partial charge in [-0.3, -0.25) is 0 Å². The highest BCUT2D eigenvalue weighted by Crippen LogP contribution is 2.29. The number of nitrogens with two attached hydrogens (primary N) is 1. The van der Waals surface area contributed by atoms with Crippen LogP contribution in [0.25, 0.3) is 0 Å². The number of amidine groups is 1. The Hall–Kier alpha value is -0.770. The molecule has 4 nitrogen and oxygen atoms in total. The lowest BCUT2D eigenvalue weighted by molar-refractivity contribution is 0.0334. The Morgan fingerprint density at radius 3 is 2.23 bits per heavy atom. The summed E-state index contributed by atoms with van der Waals surface area (Å²) in [5, 5.41) is 11.7. The molecule has 4 heteroatoms. The average Bonchev–Trinajstić information content (AvgIpc) is 2.42. The molecule has 0 aromatic rings. The highest BCUT2D eigenvalue weighted by molar-refractivity contribution is 5.88. The molecule has 0 atom stereocenters. The van der Waals surface area contributed by atoms with Crippen molar-refractivity contribution in [2.75, 3.05) is 7.11 Å². The molecule has 0 aromatic heterocycles. The summed E-state index contributed by atoms with van der Waals surface area (Å²) in [4.78, 5) is 0. The van der Waals surface area contributed by atoms with E-state index in [1.54, 1.807) is 7.11 Å². The van der Waals surface area contributed by atoms with Crippen molar-refractivity contribution in [3.63, 3.8) is 0 Å². The molecule has 0 unspecified atom stereocenters. The number of ether oxygens (including phenoxy) is 1. The average molecular weight is 186 g/mol. The Labute approximate surface area is 78.7 Å². The molecule has 1 aliphatic rings. The van der Waals surface area contributed by atoms with E-state index in [2.05, 4.69) is 5.16 Å². The van der Waals surface area contributed by atoms with E-state index in [0.717, 1.165) is 25.7 Å². The monoisotopic (exact) mass is 186 g/mol. The largest absolute Gasteiger partial charge is 0.409 e. The molecule has 0 radical (unpaired) electrons. The van der Waals surface area contributed by atoms with Gasteiger partial charge in [-0.1, -0.05) is 30.8 Å². The zero-order valence-corrected chi connectivity index (χ0v) is 8.12. The predicted octanol–water partition coefficient (Wildman–Crippen LogP) is 1.47. The minimum Gasteiger partial charge on any atom is -0.409 e. The molecule has 13 heavy (non-hydrogen) atoms. The molecule has 1 fully saturated rings. The van der Waals surface area contributed by atoms with Gasteiger partial charge in [0.05, 0.1) is 0 Å². The second kappa shape index (κ2) is 4.46. The van der Waals surface area contributed by atoms with Crippen molar-refractivity contribution < 1.29 is 9.94 Å². The van der Waals surface area contributed by atoms with E-state index in [1.165, 1.54) is 12.8 Å². The SMILES string of the molecule is COC1(/C(N)=N/O)CCCCCC1. The highest BCUT2D eigenvalue weighted by Gasteiger charge is 2.35. The third-order valence-electron chi connectivity index (χ3n) is 2.88. The summed E-state index contributed by atoms with van der Waals surface area (Å²) in [6, 6.07) is 0. The number of methoxy groups -OCH3 is 1. The van der Waals surface area contributed by atoms with Crippen LogP contribution in [0, 0.1) is 0 Å². The van der Waals surface area contributed by atoms with Crippen molar-refractivity contribution in [1.29, 1.82) is 0 Å². The van der Waals surface area contributed by atoms with Gasteiger partial charge in [0.2, 0.25) is 0 Å². The summed E-state index contributed by atoms with van der Waals surface area (Å²) >= 11 is 0. The molecule has 0 aliphatic heterocycles. The van der Waals surface area contributed by atoms with E-state index >= 15 is 0 Å². The van der Waals surface area contributed by atoms with Crippen molar-refractivity contribution in [3.8, 4) is 0 Å². The number of hydrogen-bond donors (Lipinski definition) is 2. The van der Waals surface area contributed by atoms with Crippen LogP contribution in [0.15, 0.2) is 5.16 Å². The van der Waals surface area contributed by atoms with Crippen LogP contribution < -0.4 is 5.73 Å². The van der Waals surface area contributed by atoms with Crippen LogP contribution in [0.5, 0.6) is 0 Å². The molecule has 76 valence electrons. The smallest absolute Gasteiger partial charge is 0.171 e. The normalized spacial score (nSPS) is 23.9. The maximum atomic E-state index is 8.66. The number of oxime groups is 1. The molecule has 0 aromatic carbocycles. The predicted molar refractivity (Wildman–Crippen MR) is 50.9 cm³/mol. The lowest BCUT2D eigenvalue weighted by Gasteiger charge is -2.29. The fraction of sp³-hybridized carbons (Fsp3) is 0.889. The second-order valence-electron chi connectivity index (χ2n) is 3.60. The van der Waals surface area contributed by atoms with Crippen molar-refractivity contribution in [2.45, 2.75) is 44.1 Å². The van der Waals surface area contributed by atoms with Crippen LogP contribution in [0.2, 0.25) is 0 Å². The van der Waals surface area contributed by atoms with E-state index in [0.29, 0.717) is 0 Å². The minimum absolute atomic E-state index is 0.219. The van der Waals surface area contributed by atoms with Gasteiger partial charge in [-0.05, 0) is 12.8 Å². The van der Waals surface area contributed by atoms with Gasteiger partial charge >= 0.3 is 0 Å². The molecule has 0 heterocycles. The van der Waals surface area contributed by atoms with Gasteiger partial charge in [0, 0.05) is 7.11 Å². The van der Waals surface area contributed by atoms with E-state index in [-0.39, 0.29) is 5.84 Å². The number of nitrogens with zero attached hydrogens (tertiary/aromatic N) is 1. The summed E-state index contributed by atoms with van der Waals surface area (Å²) in [6.07, 6.45) is 6.32. The van der Waals surface area contributed by atoms with Crippen molar-refractivity contribution in [1.82, 2.24) is 0 Å². The summed E-state index contributed by atoms with van der Waals surface area (Å²) in [5.41, 5.74) is 5.13. The number of rotatable bonds is 2. The fourth-order valence-electron chi connectivity index (χ4n) is 1.96. The van der Waals surface area contributed by atoms with Gasteiger partial charge in [0.1, 0.15) is 5.60 Å². The van der Waals surface area contributed by atoms with Crippen LogP contribution >= 0.6 is 0 Å². The van der Waals surface area contributed by atoms with Crippen LogP contribution in [0.3, 0.4) is 0 Å². The first-order valence-corrected chi connectivity index (χ1v) is 4.78. The zero-order chi connectivity index (χ0) is 9.73. The lowest BCUT2D eigenvalue weighted by atomic mass is 9.93.